The lowest BCUT2D eigenvalue weighted by Crippen LogP contribution is -2.44. The van der Waals surface area contributed by atoms with Gasteiger partial charge in [-0.25, -0.2) is 9.97 Å². The van der Waals surface area contributed by atoms with Crippen molar-refractivity contribution in [1.82, 2.24) is 24.3 Å². The zero-order chi connectivity index (χ0) is 20.5. The van der Waals surface area contributed by atoms with Crippen molar-refractivity contribution in [3.05, 3.63) is 30.4 Å². The number of nitrogens with zero attached hydrogens (tertiary/aromatic N) is 6. The van der Waals surface area contributed by atoms with E-state index in [1.807, 2.05) is 42.4 Å². The van der Waals surface area contributed by atoms with Crippen molar-refractivity contribution >= 4 is 11.9 Å². The van der Waals surface area contributed by atoms with Crippen LogP contribution in [0.1, 0.15) is 36.2 Å². The number of carbonyl (C=O) groups excluding carboxylic acids is 1. The molecule has 1 aliphatic carbocycles. The average molecular weight is 397 g/mol. The molecule has 0 radical (unpaired) electrons. The minimum absolute atomic E-state index is 0.153. The maximum atomic E-state index is 13.3. The molecule has 29 heavy (non-hydrogen) atoms. The van der Waals surface area contributed by atoms with Crippen LogP contribution in [0.4, 0.5) is 5.95 Å². The van der Waals surface area contributed by atoms with E-state index < -0.39 is 0 Å². The molecule has 1 saturated carbocycles. The average Bonchev–Trinajstić information content (AvgIpc) is 3.44. The van der Waals surface area contributed by atoms with Crippen LogP contribution in [0, 0.1) is 5.92 Å². The fraction of sp³-hybridized carbons (Fsp3) is 0.591. The summed E-state index contributed by atoms with van der Waals surface area (Å²) in [5.74, 6) is 1.54. The topological polar surface area (TPSA) is 57.5 Å². The summed E-state index contributed by atoms with van der Waals surface area (Å²) in [4.78, 5) is 28.4. The van der Waals surface area contributed by atoms with Gasteiger partial charge in [-0.1, -0.05) is 0 Å². The van der Waals surface area contributed by atoms with Crippen LogP contribution in [-0.4, -0.2) is 77.6 Å². The Morgan fingerprint density at radius 2 is 1.69 bits per heavy atom. The second-order valence-electron chi connectivity index (χ2n) is 8.86. The summed E-state index contributed by atoms with van der Waals surface area (Å²) in [6.07, 6.45) is 10.4. The molecular formula is C22H32N6O. The lowest BCUT2D eigenvalue weighted by molar-refractivity contribution is 0.0652. The monoisotopic (exact) mass is 396 g/mol. The van der Waals surface area contributed by atoms with E-state index in [4.69, 9.17) is 0 Å². The second kappa shape index (κ2) is 8.14. The summed E-state index contributed by atoms with van der Waals surface area (Å²) in [7, 11) is 8.10. The van der Waals surface area contributed by atoms with E-state index >= 15 is 0 Å². The van der Waals surface area contributed by atoms with Gasteiger partial charge in [0.25, 0.3) is 5.91 Å². The summed E-state index contributed by atoms with van der Waals surface area (Å²) in [6.45, 7) is 2.57. The fourth-order valence-electron chi connectivity index (χ4n) is 4.03. The van der Waals surface area contributed by atoms with Crippen molar-refractivity contribution in [3.63, 3.8) is 0 Å². The largest absolute Gasteiger partial charge is 0.347 e. The van der Waals surface area contributed by atoms with Crippen LogP contribution in [-0.2, 0) is 6.54 Å². The van der Waals surface area contributed by atoms with Crippen LogP contribution >= 0.6 is 0 Å². The number of likely N-dealkylation sites (tertiary alicyclic amines) is 1. The zero-order valence-electron chi connectivity index (χ0n) is 18.0. The highest BCUT2D eigenvalue weighted by Gasteiger charge is 2.29. The third-order valence-electron chi connectivity index (χ3n) is 6.12. The Bertz CT molecular complexity index is 845. The summed E-state index contributed by atoms with van der Waals surface area (Å²) in [5, 5.41) is 0. The Hall–Kier alpha value is -2.41. The third-order valence-corrected chi connectivity index (χ3v) is 6.12. The van der Waals surface area contributed by atoms with Gasteiger partial charge in [-0.15, -0.1) is 0 Å². The minimum Gasteiger partial charge on any atom is -0.347 e. The SMILES string of the molecule is CN(C)c1ncc(-c2cc(C(=O)N3CCC(N(C)C)CC3)n(CC3CC3)c2)cn1. The van der Waals surface area contributed by atoms with Crippen LogP contribution in [0.3, 0.4) is 0 Å². The predicted octanol–water partition coefficient (Wildman–Crippen LogP) is 2.59. The van der Waals surface area contributed by atoms with Gasteiger partial charge in [0.2, 0.25) is 5.95 Å². The van der Waals surface area contributed by atoms with E-state index in [1.165, 1.54) is 12.8 Å². The Kier molecular flexibility index (Phi) is 5.58. The molecule has 2 aromatic heterocycles. The normalized spacial score (nSPS) is 17.8. The molecule has 0 bridgehead atoms. The van der Waals surface area contributed by atoms with E-state index in [-0.39, 0.29) is 5.91 Å². The molecule has 2 aromatic rings. The molecule has 3 heterocycles. The highest BCUT2D eigenvalue weighted by Crippen LogP contribution is 2.33. The first-order valence-electron chi connectivity index (χ1n) is 10.6. The molecule has 2 aliphatic rings. The number of amides is 1. The number of rotatable bonds is 6. The first-order valence-corrected chi connectivity index (χ1v) is 10.6. The van der Waals surface area contributed by atoms with Crippen LogP contribution in [0.15, 0.2) is 24.7 Å². The standard InChI is InChI=1S/C22H32N6O/c1-25(2)19-7-9-27(10-8-19)21(29)20-11-17(15-28(20)14-16-5-6-16)18-12-23-22(24-13-18)26(3)4/h11-13,15-16,19H,5-10,14H2,1-4H3. The zero-order valence-corrected chi connectivity index (χ0v) is 18.0. The number of aromatic nitrogens is 3. The summed E-state index contributed by atoms with van der Waals surface area (Å²) in [5.41, 5.74) is 2.76. The Labute approximate surface area is 173 Å². The van der Waals surface area contributed by atoms with Gasteiger partial charge in [-0.3, -0.25) is 4.79 Å². The Morgan fingerprint density at radius 1 is 1.03 bits per heavy atom. The van der Waals surface area contributed by atoms with Crippen LogP contribution in [0.2, 0.25) is 0 Å². The van der Waals surface area contributed by atoms with E-state index in [2.05, 4.69) is 39.7 Å². The quantitative estimate of drug-likeness (QED) is 0.751. The molecule has 0 atom stereocenters. The van der Waals surface area contributed by atoms with E-state index in [0.717, 1.165) is 49.3 Å². The molecule has 1 aliphatic heterocycles. The van der Waals surface area contributed by atoms with Crippen molar-refractivity contribution in [2.75, 3.05) is 46.2 Å². The molecule has 1 saturated heterocycles. The van der Waals surface area contributed by atoms with Crippen LogP contribution < -0.4 is 4.90 Å². The number of piperidine rings is 1. The number of carbonyl (C=O) groups is 1. The molecular weight excluding hydrogens is 364 g/mol. The molecule has 7 nitrogen and oxygen atoms in total. The highest BCUT2D eigenvalue weighted by molar-refractivity contribution is 5.94. The lowest BCUT2D eigenvalue weighted by Gasteiger charge is -2.35. The summed E-state index contributed by atoms with van der Waals surface area (Å²) >= 11 is 0. The summed E-state index contributed by atoms with van der Waals surface area (Å²) in [6, 6.07) is 2.59. The molecule has 7 heteroatoms. The smallest absolute Gasteiger partial charge is 0.270 e. The van der Waals surface area contributed by atoms with Crippen LogP contribution in [0.5, 0.6) is 0 Å². The maximum Gasteiger partial charge on any atom is 0.270 e. The van der Waals surface area contributed by atoms with Gasteiger partial charge >= 0.3 is 0 Å². The first kappa shape index (κ1) is 19.9. The highest BCUT2D eigenvalue weighted by atomic mass is 16.2. The van der Waals surface area contributed by atoms with Gasteiger partial charge in [-0.2, -0.15) is 0 Å². The van der Waals surface area contributed by atoms with Crippen molar-refractivity contribution in [2.45, 2.75) is 38.3 Å². The van der Waals surface area contributed by atoms with Gasteiger partial charge in [0.1, 0.15) is 5.69 Å². The predicted molar refractivity (Wildman–Crippen MR) is 115 cm³/mol. The van der Waals surface area contributed by atoms with Gasteiger partial charge in [0, 0.05) is 69.5 Å². The second-order valence-corrected chi connectivity index (χ2v) is 8.86. The molecule has 156 valence electrons. The van der Waals surface area contributed by atoms with Gasteiger partial charge < -0.3 is 19.3 Å². The van der Waals surface area contributed by atoms with Crippen molar-refractivity contribution in [1.29, 1.82) is 0 Å². The number of anilines is 1. The van der Waals surface area contributed by atoms with Crippen molar-refractivity contribution < 1.29 is 4.79 Å². The lowest BCUT2D eigenvalue weighted by atomic mass is 10.0. The minimum atomic E-state index is 0.153. The van der Waals surface area contributed by atoms with Crippen molar-refractivity contribution in [3.8, 4) is 11.1 Å². The molecule has 4 rings (SSSR count). The van der Waals surface area contributed by atoms with E-state index in [1.54, 1.807) is 0 Å². The molecule has 0 N–H and O–H groups in total. The molecule has 2 fully saturated rings. The number of hydrogen-bond acceptors (Lipinski definition) is 5. The third kappa shape index (κ3) is 4.45. The first-order chi connectivity index (χ1) is 13.9. The molecule has 1 amide bonds. The Balaban J connectivity index is 1.56. The Morgan fingerprint density at radius 3 is 2.24 bits per heavy atom. The van der Waals surface area contributed by atoms with E-state index in [9.17, 15) is 4.79 Å². The van der Waals surface area contributed by atoms with Gasteiger partial charge in [0.05, 0.1) is 0 Å². The molecule has 0 unspecified atom stereocenters. The van der Waals surface area contributed by atoms with Gasteiger partial charge in [0.15, 0.2) is 0 Å². The number of hydrogen-bond donors (Lipinski definition) is 0. The molecule has 0 aromatic carbocycles. The molecule has 0 spiro atoms. The van der Waals surface area contributed by atoms with Gasteiger partial charge in [-0.05, 0) is 51.8 Å². The fourth-order valence-corrected chi connectivity index (χ4v) is 4.03. The van der Waals surface area contributed by atoms with Crippen LogP contribution in [0.25, 0.3) is 11.1 Å². The maximum absolute atomic E-state index is 13.3. The van der Waals surface area contributed by atoms with Crippen molar-refractivity contribution in [2.24, 2.45) is 5.92 Å². The van der Waals surface area contributed by atoms with E-state index in [0.29, 0.717) is 17.9 Å². The summed E-state index contributed by atoms with van der Waals surface area (Å²) < 4.78 is 2.16.